The zero-order valence-electron chi connectivity index (χ0n) is 18.8. The topological polar surface area (TPSA) is 99.2 Å². The molecule has 1 aliphatic carbocycles. The van der Waals surface area contributed by atoms with Gasteiger partial charge in [-0.2, -0.15) is 0 Å². The summed E-state index contributed by atoms with van der Waals surface area (Å²) in [6.45, 7) is 4.27. The van der Waals surface area contributed by atoms with Crippen LogP contribution >= 0.6 is 39.0 Å². The third-order valence-corrected chi connectivity index (χ3v) is 8.07. The molecule has 4 rings (SSSR count). The lowest BCUT2D eigenvalue weighted by Crippen LogP contribution is -2.17. The smallest absolute Gasteiger partial charge is 0.341 e. The van der Waals surface area contributed by atoms with Crippen molar-refractivity contribution in [3.63, 3.8) is 0 Å². The van der Waals surface area contributed by atoms with Crippen LogP contribution in [0.3, 0.4) is 0 Å². The van der Waals surface area contributed by atoms with Gasteiger partial charge in [0.05, 0.1) is 18.4 Å². The van der Waals surface area contributed by atoms with E-state index in [0.717, 1.165) is 37.7 Å². The fourth-order valence-electron chi connectivity index (χ4n) is 3.92. The van der Waals surface area contributed by atoms with Gasteiger partial charge in [-0.25, -0.2) is 4.79 Å². The normalized spacial score (nSPS) is 13.6. The van der Waals surface area contributed by atoms with Crippen molar-refractivity contribution in [2.75, 3.05) is 18.2 Å². The highest BCUT2D eigenvalue weighted by Gasteiger charge is 2.26. The molecule has 0 aromatic carbocycles. The first-order valence-corrected chi connectivity index (χ1v) is 13.6. The average Bonchev–Trinajstić information content (AvgIpc) is 3.49. The summed E-state index contributed by atoms with van der Waals surface area (Å²) in [7, 11) is 1.37. The van der Waals surface area contributed by atoms with Crippen molar-refractivity contribution in [3.8, 4) is 11.6 Å². The molecule has 1 N–H and O–H groups in total. The second-order valence-electron chi connectivity index (χ2n) is 7.76. The predicted molar refractivity (Wildman–Crippen MR) is 137 cm³/mol. The van der Waals surface area contributed by atoms with Gasteiger partial charge in [0.2, 0.25) is 11.7 Å². The Bertz CT molecular complexity index is 1200. The fraction of sp³-hybridized carbons (Fsp3) is 0.391. The minimum absolute atomic E-state index is 0.111. The minimum Gasteiger partial charge on any atom is -0.465 e. The van der Waals surface area contributed by atoms with Crippen LogP contribution in [0.1, 0.15) is 46.5 Å². The Morgan fingerprint density at radius 2 is 2.09 bits per heavy atom. The van der Waals surface area contributed by atoms with E-state index in [9.17, 15) is 9.59 Å². The van der Waals surface area contributed by atoms with E-state index in [1.165, 1.54) is 41.5 Å². The van der Waals surface area contributed by atoms with E-state index in [2.05, 4.69) is 38.0 Å². The minimum atomic E-state index is -0.402. The molecule has 34 heavy (non-hydrogen) atoms. The Morgan fingerprint density at radius 3 is 2.79 bits per heavy atom. The molecule has 0 atom stereocenters. The van der Waals surface area contributed by atoms with Gasteiger partial charge in [-0.15, -0.1) is 28.1 Å². The summed E-state index contributed by atoms with van der Waals surface area (Å²) in [6, 6.07) is 3.58. The fourth-order valence-corrected chi connectivity index (χ4v) is 6.27. The molecule has 1 amide bonds. The maximum Gasteiger partial charge on any atom is 0.341 e. The molecule has 3 aromatic heterocycles. The van der Waals surface area contributed by atoms with Crippen LogP contribution in [-0.4, -0.2) is 39.5 Å². The number of aryl methyl sites for hydroxylation is 1. The van der Waals surface area contributed by atoms with Crippen LogP contribution in [0.15, 0.2) is 39.0 Å². The molecule has 3 aromatic rings. The summed E-state index contributed by atoms with van der Waals surface area (Å²) >= 11 is 6.05. The highest BCUT2D eigenvalue weighted by molar-refractivity contribution is 9.10. The molecule has 0 fully saturated rings. The number of carbonyl (C=O) groups excluding carboxylic acids is 2. The average molecular weight is 566 g/mol. The zero-order chi connectivity index (χ0) is 24.1. The van der Waals surface area contributed by atoms with Crippen molar-refractivity contribution in [2.24, 2.45) is 0 Å². The lowest BCUT2D eigenvalue weighted by molar-refractivity contribution is -0.113. The van der Waals surface area contributed by atoms with Crippen molar-refractivity contribution in [3.05, 3.63) is 45.5 Å². The largest absolute Gasteiger partial charge is 0.465 e. The van der Waals surface area contributed by atoms with Gasteiger partial charge in [-0.05, 0) is 59.3 Å². The SMILES string of the molecule is C=CCn1c(SCC(=O)Nc2sc3c(c2C(=O)OC)CCCCCC3)nnc1-c1ccc(Br)o1. The zero-order valence-corrected chi connectivity index (χ0v) is 22.0. The molecule has 0 radical (unpaired) electrons. The summed E-state index contributed by atoms with van der Waals surface area (Å²) in [5, 5.41) is 12.5. The molecular formula is C23H25BrN4O4S2. The number of rotatable bonds is 8. The standard InChI is InChI=1S/C23H25BrN4O4S2/c1-3-12-28-20(15-10-11-17(24)32-15)26-27-23(28)33-13-18(29)25-21-19(22(30)31-2)14-8-6-4-5-7-9-16(14)34-21/h3,10-11H,1,4-9,12-13H2,2H3,(H,25,29). The van der Waals surface area contributed by atoms with E-state index in [1.54, 1.807) is 18.2 Å². The number of nitrogens with one attached hydrogen (secondary N) is 1. The van der Waals surface area contributed by atoms with Gasteiger partial charge in [-0.3, -0.25) is 9.36 Å². The molecule has 8 nitrogen and oxygen atoms in total. The molecule has 3 heterocycles. The molecule has 11 heteroatoms. The summed E-state index contributed by atoms with van der Waals surface area (Å²) in [6.07, 6.45) is 7.94. The molecule has 180 valence electrons. The number of anilines is 1. The highest BCUT2D eigenvalue weighted by Crippen LogP contribution is 2.38. The van der Waals surface area contributed by atoms with Gasteiger partial charge in [-0.1, -0.05) is 30.7 Å². The number of allylic oxidation sites excluding steroid dienone is 1. The Kier molecular flexibility index (Phi) is 8.28. The Balaban J connectivity index is 1.50. The number of esters is 1. The van der Waals surface area contributed by atoms with Crippen molar-refractivity contribution < 1.29 is 18.7 Å². The number of halogens is 1. The number of furan rings is 1. The van der Waals surface area contributed by atoms with Crippen molar-refractivity contribution >= 4 is 55.9 Å². The maximum atomic E-state index is 12.9. The van der Waals surface area contributed by atoms with Crippen LogP contribution < -0.4 is 5.32 Å². The molecule has 0 saturated heterocycles. The predicted octanol–water partition coefficient (Wildman–Crippen LogP) is 5.72. The molecule has 1 aliphatic rings. The maximum absolute atomic E-state index is 12.9. The van der Waals surface area contributed by atoms with E-state index in [-0.39, 0.29) is 11.7 Å². The number of nitrogens with zero attached hydrogens (tertiary/aromatic N) is 3. The number of amides is 1. The van der Waals surface area contributed by atoms with Crippen molar-refractivity contribution in [1.29, 1.82) is 0 Å². The van der Waals surface area contributed by atoms with Crippen LogP contribution in [0.25, 0.3) is 11.6 Å². The number of thioether (sulfide) groups is 1. The van der Waals surface area contributed by atoms with Gasteiger partial charge in [0, 0.05) is 11.4 Å². The lowest BCUT2D eigenvalue weighted by atomic mass is 9.96. The number of carbonyl (C=O) groups is 2. The summed E-state index contributed by atoms with van der Waals surface area (Å²) in [5.41, 5.74) is 1.53. The second kappa shape index (κ2) is 11.4. The van der Waals surface area contributed by atoms with Crippen LogP contribution in [0.2, 0.25) is 0 Å². The van der Waals surface area contributed by atoms with Crippen LogP contribution in [0.5, 0.6) is 0 Å². The van der Waals surface area contributed by atoms with Gasteiger partial charge in [0.1, 0.15) is 5.00 Å². The number of fused-ring (bicyclic) bond motifs is 1. The third kappa shape index (κ3) is 5.47. The third-order valence-electron chi connectivity index (χ3n) is 5.47. The van der Waals surface area contributed by atoms with Gasteiger partial charge >= 0.3 is 5.97 Å². The van der Waals surface area contributed by atoms with Gasteiger partial charge in [0.25, 0.3) is 0 Å². The van der Waals surface area contributed by atoms with E-state index < -0.39 is 5.97 Å². The number of thiophene rings is 1. The first-order valence-electron chi connectivity index (χ1n) is 11.0. The molecule has 0 bridgehead atoms. The van der Waals surface area contributed by atoms with Crippen LogP contribution in [0, 0.1) is 0 Å². The summed E-state index contributed by atoms with van der Waals surface area (Å²) in [4.78, 5) is 26.6. The quantitative estimate of drug-likeness (QED) is 0.212. The number of hydrogen-bond acceptors (Lipinski definition) is 8. The Morgan fingerprint density at radius 1 is 1.29 bits per heavy atom. The van der Waals surface area contributed by atoms with E-state index in [0.29, 0.717) is 38.5 Å². The van der Waals surface area contributed by atoms with Crippen LogP contribution in [0.4, 0.5) is 5.00 Å². The molecule has 0 aliphatic heterocycles. The number of methoxy groups -OCH3 is 1. The molecule has 0 saturated carbocycles. The Labute approximate surface area is 214 Å². The lowest BCUT2D eigenvalue weighted by Gasteiger charge is -2.11. The van der Waals surface area contributed by atoms with E-state index in [1.807, 2.05) is 4.57 Å². The van der Waals surface area contributed by atoms with Crippen LogP contribution in [-0.2, 0) is 28.9 Å². The number of aromatic nitrogens is 3. The van der Waals surface area contributed by atoms with Crippen molar-refractivity contribution in [2.45, 2.75) is 50.2 Å². The van der Waals surface area contributed by atoms with E-state index in [4.69, 9.17) is 9.15 Å². The number of hydrogen-bond donors (Lipinski definition) is 1. The Hall–Kier alpha value is -2.37. The van der Waals surface area contributed by atoms with Crippen molar-refractivity contribution in [1.82, 2.24) is 14.8 Å². The van der Waals surface area contributed by atoms with E-state index >= 15 is 0 Å². The van der Waals surface area contributed by atoms with Gasteiger partial charge < -0.3 is 14.5 Å². The first kappa shape index (κ1) is 24.7. The first-order chi connectivity index (χ1) is 16.5. The highest BCUT2D eigenvalue weighted by atomic mass is 79.9. The number of ether oxygens (including phenoxy) is 1. The second-order valence-corrected chi connectivity index (χ2v) is 10.6. The molecular weight excluding hydrogens is 540 g/mol. The monoisotopic (exact) mass is 564 g/mol. The summed E-state index contributed by atoms with van der Waals surface area (Å²) in [5.74, 6) is 0.608. The molecule has 0 unspecified atom stereocenters. The summed E-state index contributed by atoms with van der Waals surface area (Å²) < 4.78 is 13.1. The van der Waals surface area contributed by atoms with Gasteiger partial charge in [0.15, 0.2) is 15.6 Å². The molecule has 0 spiro atoms.